The third-order valence-corrected chi connectivity index (χ3v) is 9.81. The molecule has 0 saturated heterocycles. The maximum Gasteiger partial charge on any atom is 0.145 e. The van der Waals surface area contributed by atoms with Gasteiger partial charge in [0, 0.05) is 38.5 Å². The number of aromatic nitrogens is 4. The molecule has 0 amide bonds. The molecule has 3 aromatic heterocycles. The van der Waals surface area contributed by atoms with Crippen LogP contribution in [0.2, 0.25) is 0 Å². The average Bonchev–Trinajstić information content (AvgIpc) is 3.60. The Morgan fingerprint density at radius 3 is 1.73 bits per heavy atom. The van der Waals surface area contributed by atoms with E-state index in [1.54, 1.807) is 0 Å². The Morgan fingerprint density at radius 2 is 0.961 bits per heavy atom. The zero-order valence-electron chi connectivity index (χ0n) is 27.6. The van der Waals surface area contributed by atoms with E-state index in [9.17, 15) is 0 Å². The van der Waals surface area contributed by atoms with Crippen LogP contribution in [0.3, 0.4) is 0 Å². The fourth-order valence-corrected chi connectivity index (χ4v) is 7.32. The number of pyridine rings is 2. The monoisotopic (exact) mass is 650 g/mol. The van der Waals surface area contributed by atoms with Gasteiger partial charge in [0.15, 0.2) is 0 Å². The van der Waals surface area contributed by atoms with Gasteiger partial charge in [0.1, 0.15) is 5.82 Å². The molecule has 0 saturated carbocycles. The zero-order valence-corrected chi connectivity index (χ0v) is 27.6. The van der Waals surface area contributed by atoms with Crippen LogP contribution in [0.15, 0.2) is 182 Å². The molecule has 0 radical (unpaired) electrons. The molecule has 0 aliphatic heterocycles. The normalized spacial score (nSPS) is 11.5. The second-order valence-electron chi connectivity index (χ2n) is 12.8. The Morgan fingerprint density at radius 1 is 0.353 bits per heavy atom. The van der Waals surface area contributed by atoms with Gasteiger partial charge in [-0.2, -0.15) is 0 Å². The predicted molar refractivity (Wildman–Crippen MR) is 211 cm³/mol. The lowest BCUT2D eigenvalue weighted by molar-refractivity contribution is 1.10. The number of para-hydroxylation sites is 3. The first kappa shape index (κ1) is 29.0. The van der Waals surface area contributed by atoms with Crippen LogP contribution >= 0.6 is 0 Å². The number of rotatable bonds is 5. The fraction of sp³-hybridized carbons (Fsp3) is 0. The predicted octanol–water partition coefficient (Wildman–Crippen LogP) is 11.9. The quantitative estimate of drug-likeness (QED) is 0.138. The smallest absolute Gasteiger partial charge is 0.145 e. The van der Waals surface area contributed by atoms with Gasteiger partial charge >= 0.3 is 0 Å². The molecule has 7 aromatic carbocycles. The minimum atomic E-state index is 0.912. The lowest BCUT2D eigenvalue weighted by Gasteiger charge is -2.13. The summed E-state index contributed by atoms with van der Waals surface area (Å²) >= 11 is 0. The first-order valence-electron chi connectivity index (χ1n) is 17.2. The van der Waals surface area contributed by atoms with Crippen LogP contribution < -0.4 is 0 Å². The van der Waals surface area contributed by atoms with Crippen molar-refractivity contribution in [3.05, 3.63) is 182 Å². The molecule has 0 aliphatic carbocycles. The molecule has 3 heterocycles. The molecule has 10 rings (SSSR count). The second kappa shape index (κ2) is 11.9. The van der Waals surface area contributed by atoms with Crippen LogP contribution in [0.1, 0.15) is 0 Å². The van der Waals surface area contributed by atoms with E-state index in [4.69, 9.17) is 15.0 Å². The Balaban J connectivity index is 1.02. The molecule has 0 fully saturated rings. The first-order valence-corrected chi connectivity index (χ1v) is 17.2. The summed E-state index contributed by atoms with van der Waals surface area (Å²) in [5.41, 5.74) is 13.7. The van der Waals surface area contributed by atoms with Gasteiger partial charge in [-0.1, -0.05) is 146 Å². The van der Waals surface area contributed by atoms with Crippen molar-refractivity contribution in [3.63, 3.8) is 0 Å². The molecular weight excluding hydrogens is 621 g/mol. The van der Waals surface area contributed by atoms with E-state index < -0.39 is 0 Å². The summed E-state index contributed by atoms with van der Waals surface area (Å²) in [6.07, 6.45) is 0. The Labute approximate surface area is 295 Å². The minimum Gasteiger partial charge on any atom is -0.292 e. The number of hydrogen-bond donors (Lipinski definition) is 0. The number of benzene rings is 7. The molecule has 0 atom stereocenters. The van der Waals surface area contributed by atoms with Crippen LogP contribution in [-0.2, 0) is 0 Å². The lowest BCUT2D eigenvalue weighted by atomic mass is 9.95. The van der Waals surface area contributed by atoms with Gasteiger partial charge in [0.25, 0.3) is 0 Å². The molecule has 0 unspecified atom stereocenters. The Bertz CT molecular complexity index is 2880. The average molecular weight is 651 g/mol. The summed E-state index contributed by atoms with van der Waals surface area (Å²) in [7, 11) is 0. The van der Waals surface area contributed by atoms with Gasteiger partial charge in [-0.3, -0.25) is 4.57 Å². The third-order valence-electron chi connectivity index (χ3n) is 9.81. The molecule has 238 valence electrons. The standard InChI is InChI=1S/C47H30N4/c1-3-11-34(12-4-1)44-38-15-7-8-16-41(38)49-46-39(44)29-25-35-26-30-40(48-45(35)46)33-21-19-31(20-22-33)32-23-27-37(28-24-32)51-43-18-10-9-17-42(43)50-47(51)36-13-5-2-6-14-36/h1-30H. The summed E-state index contributed by atoms with van der Waals surface area (Å²) < 4.78 is 2.24. The molecule has 10 aromatic rings. The van der Waals surface area contributed by atoms with Gasteiger partial charge in [-0.15, -0.1) is 0 Å². The van der Waals surface area contributed by atoms with Gasteiger partial charge < -0.3 is 0 Å². The number of fused-ring (bicyclic) bond motifs is 5. The van der Waals surface area contributed by atoms with Gasteiger partial charge in [0.05, 0.1) is 33.3 Å². The SMILES string of the molecule is c1ccc(-c2c3ccccc3nc3c2ccc2ccc(-c4ccc(-c5ccc(-n6c(-c7ccccc7)nc7ccccc76)cc5)cc4)nc23)cc1. The van der Waals surface area contributed by atoms with E-state index in [0.717, 1.165) is 83.2 Å². The molecular formula is C47H30N4. The van der Waals surface area contributed by atoms with Crippen molar-refractivity contribution in [1.29, 1.82) is 0 Å². The van der Waals surface area contributed by atoms with E-state index >= 15 is 0 Å². The highest BCUT2D eigenvalue weighted by atomic mass is 15.1. The molecule has 0 spiro atoms. The molecule has 4 nitrogen and oxygen atoms in total. The van der Waals surface area contributed by atoms with Gasteiger partial charge in [0.2, 0.25) is 0 Å². The number of hydrogen-bond acceptors (Lipinski definition) is 3. The molecule has 4 heteroatoms. The van der Waals surface area contributed by atoms with E-state index in [-0.39, 0.29) is 0 Å². The molecule has 0 N–H and O–H groups in total. The van der Waals surface area contributed by atoms with E-state index in [2.05, 4.69) is 174 Å². The van der Waals surface area contributed by atoms with Gasteiger partial charge in [-0.25, -0.2) is 15.0 Å². The maximum atomic E-state index is 5.24. The van der Waals surface area contributed by atoms with Crippen LogP contribution in [0.5, 0.6) is 0 Å². The largest absolute Gasteiger partial charge is 0.292 e. The molecule has 51 heavy (non-hydrogen) atoms. The van der Waals surface area contributed by atoms with E-state index in [1.165, 1.54) is 11.1 Å². The summed E-state index contributed by atoms with van der Waals surface area (Å²) in [5.74, 6) is 0.934. The van der Waals surface area contributed by atoms with Crippen LogP contribution in [0, 0.1) is 0 Å². The highest BCUT2D eigenvalue weighted by Crippen LogP contribution is 2.38. The minimum absolute atomic E-state index is 0.912. The maximum absolute atomic E-state index is 5.24. The van der Waals surface area contributed by atoms with Crippen molar-refractivity contribution in [2.45, 2.75) is 0 Å². The fourth-order valence-electron chi connectivity index (χ4n) is 7.32. The van der Waals surface area contributed by atoms with Crippen LogP contribution in [-0.4, -0.2) is 19.5 Å². The van der Waals surface area contributed by atoms with Crippen LogP contribution in [0.25, 0.3) is 94.3 Å². The zero-order chi connectivity index (χ0) is 33.7. The molecule has 0 bridgehead atoms. The Hall–Kier alpha value is -6.91. The van der Waals surface area contributed by atoms with E-state index in [0.29, 0.717) is 0 Å². The van der Waals surface area contributed by atoms with Crippen molar-refractivity contribution in [2.75, 3.05) is 0 Å². The number of imidazole rings is 1. The van der Waals surface area contributed by atoms with Crippen molar-refractivity contribution < 1.29 is 0 Å². The third kappa shape index (κ3) is 4.96. The van der Waals surface area contributed by atoms with Crippen molar-refractivity contribution in [2.24, 2.45) is 0 Å². The van der Waals surface area contributed by atoms with Gasteiger partial charge in [-0.05, 0) is 53.1 Å². The van der Waals surface area contributed by atoms with Crippen molar-refractivity contribution >= 4 is 43.7 Å². The van der Waals surface area contributed by atoms with Crippen molar-refractivity contribution in [3.8, 4) is 50.6 Å². The van der Waals surface area contributed by atoms with Crippen LogP contribution in [0.4, 0.5) is 0 Å². The Kier molecular flexibility index (Phi) is 6.78. The second-order valence-corrected chi connectivity index (χ2v) is 12.8. The summed E-state index contributed by atoms with van der Waals surface area (Å²) in [5, 5.41) is 3.33. The summed E-state index contributed by atoms with van der Waals surface area (Å²) in [4.78, 5) is 15.4. The highest BCUT2D eigenvalue weighted by Gasteiger charge is 2.16. The van der Waals surface area contributed by atoms with E-state index in [1.807, 2.05) is 12.1 Å². The summed E-state index contributed by atoms with van der Waals surface area (Å²) in [6, 6.07) is 63.7. The first-order chi connectivity index (χ1) is 25.3. The number of nitrogens with zero attached hydrogens (tertiary/aromatic N) is 4. The highest BCUT2D eigenvalue weighted by molar-refractivity contribution is 6.16. The van der Waals surface area contributed by atoms with Crippen molar-refractivity contribution in [1.82, 2.24) is 19.5 Å². The molecule has 0 aliphatic rings. The topological polar surface area (TPSA) is 43.6 Å². The lowest BCUT2D eigenvalue weighted by Crippen LogP contribution is -1.97. The summed E-state index contributed by atoms with van der Waals surface area (Å²) in [6.45, 7) is 0.